The third-order valence-electron chi connectivity index (χ3n) is 5.35. The fraction of sp³-hybridized carbons (Fsp3) is 0.154. The van der Waals surface area contributed by atoms with E-state index in [9.17, 15) is 14.0 Å². The fourth-order valence-electron chi connectivity index (χ4n) is 3.54. The molecule has 172 valence electrons. The minimum absolute atomic E-state index is 0.0540. The molecule has 8 heteroatoms. The molecule has 4 rings (SSSR count). The van der Waals surface area contributed by atoms with Crippen LogP contribution in [0.5, 0.6) is 0 Å². The zero-order chi connectivity index (χ0) is 23.9. The van der Waals surface area contributed by atoms with Crippen LogP contribution in [0.2, 0.25) is 0 Å². The van der Waals surface area contributed by atoms with E-state index in [-0.39, 0.29) is 36.4 Å². The first-order chi connectivity index (χ1) is 16.5. The molecule has 0 bridgehead atoms. The predicted molar refractivity (Wildman–Crippen MR) is 131 cm³/mol. The summed E-state index contributed by atoms with van der Waals surface area (Å²) in [6, 6.07) is 24.4. The second kappa shape index (κ2) is 10.8. The van der Waals surface area contributed by atoms with Gasteiger partial charge in [-0.05, 0) is 30.7 Å². The van der Waals surface area contributed by atoms with Gasteiger partial charge >= 0.3 is 0 Å². The number of hydrogen-bond donors (Lipinski definition) is 1. The highest BCUT2D eigenvalue weighted by Gasteiger charge is 2.24. The fourth-order valence-corrected chi connectivity index (χ4v) is 4.31. The molecule has 0 saturated carbocycles. The third kappa shape index (κ3) is 5.71. The van der Waals surface area contributed by atoms with Gasteiger partial charge in [0.05, 0.1) is 6.04 Å². The molecule has 0 radical (unpaired) electrons. The van der Waals surface area contributed by atoms with Crippen molar-refractivity contribution in [2.24, 2.45) is 0 Å². The Morgan fingerprint density at radius 1 is 0.971 bits per heavy atom. The summed E-state index contributed by atoms with van der Waals surface area (Å²) in [6.45, 7) is 2.04. The van der Waals surface area contributed by atoms with Crippen LogP contribution in [0.4, 0.5) is 9.52 Å². The molecule has 1 N–H and O–H groups in total. The average Bonchev–Trinajstić information content (AvgIpc) is 3.33. The highest BCUT2D eigenvalue weighted by Crippen LogP contribution is 2.26. The first-order valence-corrected chi connectivity index (χ1v) is 11.6. The summed E-state index contributed by atoms with van der Waals surface area (Å²) in [4.78, 5) is 27.5. The Balaban J connectivity index is 1.46. The molecule has 0 fully saturated rings. The van der Waals surface area contributed by atoms with Crippen molar-refractivity contribution in [2.75, 3.05) is 11.9 Å². The molecule has 1 atom stereocenters. The molecule has 4 aromatic rings. The Labute approximate surface area is 201 Å². The minimum Gasteiger partial charge on any atom is -0.331 e. The van der Waals surface area contributed by atoms with Gasteiger partial charge in [0, 0.05) is 24.1 Å². The largest absolute Gasteiger partial charge is 0.331 e. The number of benzene rings is 3. The smallest absolute Gasteiger partial charge is 0.254 e. The van der Waals surface area contributed by atoms with Crippen LogP contribution in [-0.2, 0) is 4.79 Å². The number of anilines is 1. The first-order valence-electron chi connectivity index (χ1n) is 10.8. The number of rotatable bonds is 8. The molecule has 1 heterocycles. The maximum Gasteiger partial charge on any atom is 0.254 e. The summed E-state index contributed by atoms with van der Waals surface area (Å²) in [5.41, 5.74) is 2.08. The van der Waals surface area contributed by atoms with E-state index in [1.54, 1.807) is 11.0 Å². The van der Waals surface area contributed by atoms with Gasteiger partial charge in [0.2, 0.25) is 11.0 Å². The van der Waals surface area contributed by atoms with Crippen LogP contribution in [0, 0.1) is 5.82 Å². The quantitative estimate of drug-likeness (QED) is 0.362. The van der Waals surface area contributed by atoms with E-state index in [0.717, 1.165) is 11.1 Å². The summed E-state index contributed by atoms with van der Waals surface area (Å²) in [5, 5.41) is 12.0. The number of halogens is 1. The molecule has 0 aliphatic heterocycles. The third-order valence-corrected chi connectivity index (χ3v) is 6.24. The molecule has 34 heavy (non-hydrogen) atoms. The zero-order valence-electron chi connectivity index (χ0n) is 18.5. The number of carbonyl (C=O) groups excluding carboxylic acids is 2. The van der Waals surface area contributed by atoms with Crippen molar-refractivity contribution in [1.82, 2.24) is 15.1 Å². The lowest BCUT2D eigenvalue weighted by atomic mass is 10.0. The molecule has 0 aliphatic carbocycles. The van der Waals surface area contributed by atoms with Crippen molar-refractivity contribution in [1.29, 1.82) is 0 Å². The van der Waals surface area contributed by atoms with Crippen molar-refractivity contribution in [3.05, 3.63) is 102 Å². The molecule has 0 saturated heterocycles. The number of hydrogen-bond acceptors (Lipinski definition) is 5. The van der Waals surface area contributed by atoms with Gasteiger partial charge in [0.15, 0.2) is 0 Å². The van der Waals surface area contributed by atoms with Crippen LogP contribution in [0.15, 0.2) is 84.9 Å². The van der Waals surface area contributed by atoms with E-state index in [0.29, 0.717) is 10.1 Å². The van der Waals surface area contributed by atoms with E-state index in [4.69, 9.17) is 0 Å². The van der Waals surface area contributed by atoms with Gasteiger partial charge < -0.3 is 10.2 Å². The molecule has 0 spiro atoms. The maximum atomic E-state index is 13.7. The molecular weight excluding hydrogens is 451 g/mol. The van der Waals surface area contributed by atoms with Crippen LogP contribution < -0.4 is 5.32 Å². The van der Waals surface area contributed by atoms with Gasteiger partial charge in [-0.2, -0.15) is 0 Å². The number of aromatic nitrogens is 2. The molecule has 0 unspecified atom stereocenters. The number of carbonyl (C=O) groups is 2. The van der Waals surface area contributed by atoms with Crippen molar-refractivity contribution >= 4 is 28.3 Å². The van der Waals surface area contributed by atoms with Crippen LogP contribution in [0.1, 0.15) is 35.3 Å². The highest BCUT2D eigenvalue weighted by atomic mass is 32.1. The normalized spacial score (nSPS) is 11.6. The Morgan fingerprint density at radius 3 is 2.38 bits per heavy atom. The lowest BCUT2D eigenvalue weighted by Crippen LogP contribution is -2.36. The first kappa shape index (κ1) is 23.3. The van der Waals surface area contributed by atoms with Gasteiger partial charge in [-0.3, -0.25) is 9.59 Å². The molecule has 0 aliphatic rings. The lowest BCUT2D eigenvalue weighted by Gasteiger charge is -2.29. The van der Waals surface area contributed by atoms with E-state index in [1.165, 1.54) is 29.5 Å². The van der Waals surface area contributed by atoms with Crippen molar-refractivity contribution in [2.45, 2.75) is 19.4 Å². The van der Waals surface area contributed by atoms with E-state index >= 15 is 0 Å². The molecule has 1 aromatic heterocycles. The van der Waals surface area contributed by atoms with Gasteiger partial charge in [-0.1, -0.05) is 78.1 Å². The summed E-state index contributed by atoms with van der Waals surface area (Å²) < 4.78 is 13.7. The van der Waals surface area contributed by atoms with E-state index in [1.807, 2.05) is 67.6 Å². The summed E-state index contributed by atoms with van der Waals surface area (Å²) >= 11 is 1.28. The summed E-state index contributed by atoms with van der Waals surface area (Å²) in [6.07, 6.45) is 0.0540. The Morgan fingerprint density at radius 2 is 1.68 bits per heavy atom. The lowest BCUT2D eigenvalue weighted by molar-refractivity contribution is -0.116. The molecular formula is C26H23FN4O2S. The van der Waals surface area contributed by atoms with Gasteiger partial charge in [-0.25, -0.2) is 4.39 Å². The second-order valence-electron chi connectivity index (χ2n) is 7.67. The van der Waals surface area contributed by atoms with Gasteiger partial charge in [-0.15, -0.1) is 10.2 Å². The van der Waals surface area contributed by atoms with Crippen LogP contribution in [0.25, 0.3) is 10.6 Å². The Hall–Kier alpha value is -3.91. The topological polar surface area (TPSA) is 75.2 Å². The number of amides is 2. The van der Waals surface area contributed by atoms with Crippen LogP contribution >= 0.6 is 11.3 Å². The zero-order valence-corrected chi connectivity index (χ0v) is 19.3. The molecule has 6 nitrogen and oxygen atoms in total. The van der Waals surface area contributed by atoms with Gasteiger partial charge in [0.25, 0.3) is 5.91 Å². The van der Waals surface area contributed by atoms with Crippen molar-refractivity contribution in [3.8, 4) is 10.6 Å². The number of nitrogens with zero attached hydrogens (tertiary/aromatic N) is 3. The molecule has 3 aromatic carbocycles. The standard InChI is InChI=1S/C26H23FN4O2S/c1-18(19-9-4-2-5-10-19)31(25(33)21-13-8-14-22(27)17-21)16-15-23(32)28-26-30-29-24(34-26)20-11-6-3-7-12-20/h2-14,17-18H,15-16H2,1H3,(H,28,30,32)/t18-/m1/s1. The molecule has 2 amide bonds. The van der Waals surface area contributed by atoms with E-state index < -0.39 is 5.82 Å². The summed E-state index contributed by atoms with van der Waals surface area (Å²) in [7, 11) is 0. The predicted octanol–water partition coefficient (Wildman–Crippen LogP) is 5.58. The number of nitrogens with one attached hydrogen (secondary N) is 1. The van der Waals surface area contributed by atoms with Gasteiger partial charge in [0.1, 0.15) is 10.8 Å². The summed E-state index contributed by atoms with van der Waals surface area (Å²) in [5.74, 6) is -1.11. The van der Waals surface area contributed by atoms with Crippen molar-refractivity contribution in [3.63, 3.8) is 0 Å². The monoisotopic (exact) mass is 474 g/mol. The Kier molecular flexibility index (Phi) is 7.39. The highest BCUT2D eigenvalue weighted by molar-refractivity contribution is 7.18. The van der Waals surface area contributed by atoms with Crippen LogP contribution in [-0.4, -0.2) is 33.5 Å². The Bertz CT molecular complexity index is 1260. The second-order valence-corrected chi connectivity index (χ2v) is 8.65. The maximum absolute atomic E-state index is 13.7. The SMILES string of the molecule is C[C@H](c1ccccc1)N(CCC(=O)Nc1nnc(-c2ccccc2)s1)C(=O)c1cccc(F)c1. The van der Waals surface area contributed by atoms with Crippen molar-refractivity contribution < 1.29 is 14.0 Å². The average molecular weight is 475 g/mol. The van der Waals surface area contributed by atoms with E-state index in [2.05, 4.69) is 15.5 Å². The minimum atomic E-state index is -0.485. The van der Waals surface area contributed by atoms with Crippen LogP contribution in [0.3, 0.4) is 0 Å².